The van der Waals surface area contributed by atoms with E-state index in [0.717, 1.165) is 0 Å². The topological polar surface area (TPSA) is 122 Å². The van der Waals surface area contributed by atoms with Gasteiger partial charge in [-0.1, -0.05) is 6.07 Å². The van der Waals surface area contributed by atoms with Crippen molar-refractivity contribution in [3.63, 3.8) is 0 Å². The molecule has 0 saturated heterocycles. The van der Waals surface area contributed by atoms with E-state index in [1.165, 1.54) is 16.9 Å². The number of nitrogens with one attached hydrogen (secondary N) is 1. The summed E-state index contributed by atoms with van der Waals surface area (Å²) < 4.78 is 17.8. The average Bonchev–Trinajstić information content (AvgIpc) is 3.33. The Bertz CT molecular complexity index is 992. The number of furan rings is 1. The Hall–Kier alpha value is -3.75. The van der Waals surface area contributed by atoms with Crippen LogP contribution in [-0.4, -0.2) is 28.7 Å². The van der Waals surface area contributed by atoms with Crippen molar-refractivity contribution >= 4 is 17.5 Å². The van der Waals surface area contributed by atoms with Crippen molar-refractivity contribution in [2.75, 3.05) is 12.4 Å². The standard InChI is InChI=1S/C19H20N4O5/c1-3-23-10-15(17(22-23)18(20)24)21-19(25)16-8-7-14(28-16)11-27-13-6-4-5-12(9-13)26-2/h4-10H,3,11H2,1-2H3,(H2,20,24)(H,21,25). The van der Waals surface area contributed by atoms with E-state index in [9.17, 15) is 9.59 Å². The molecule has 0 aliphatic carbocycles. The first-order valence-electron chi connectivity index (χ1n) is 8.54. The summed E-state index contributed by atoms with van der Waals surface area (Å²) in [5, 5.41) is 6.61. The minimum Gasteiger partial charge on any atom is -0.497 e. The van der Waals surface area contributed by atoms with Crippen LogP contribution in [-0.2, 0) is 13.2 Å². The van der Waals surface area contributed by atoms with Gasteiger partial charge in [0.1, 0.15) is 23.9 Å². The molecule has 0 aliphatic rings. The Morgan fingerprint density at radius 2 is 2.04 bits per heavy atom. The molecule has 3 rings (SSSR count). The molecule has 28 heavy (non-hydrogen) atoms. The highest BCUT2D eigenvalue weighted by molar-refractivity contribution is 6.06. The van der Waals surface area contributed by atoms with E-state index in [1.807, 2.05) is 19.1 Å². The Morgan fingerprint density at radius 3 is 2.75 bits per heavy atom. The first-order chi connectivity index (χ1) is 13.5. The largest absolute Gasteiger partial charge is 0.497 e. The fraction of sp³-hybridized carbons (Fsp3) is 0.211. The molecule has 9 heteroatoms. The summed E-state index contributed by atoms with van der Waals surface area (Å²) in [6.07, 6.45) is 1.54. The number of carbonyl (C=O) groups excluding carboxylic acids is 2. The van der Waals surface area contributed by atoms with Gasteiger partial charge in [-0.25, -0.2) is 0 Å². The van der Waals surface area contributed by atoms with Gasteiger partial charge in [-0.15, -0.1) is 0 Å². The minimum absolute atomic E-state index is 0.0108. The molecule has 2 amide bonds. The van der Waals surface area contributed by atoms with Crippen molar-refractivity contribution in [3.05, 3.63) is 59.8 Å². The third-order valence-electron chi connectivity index (χ3n) is 3.88. The van der Waals surface area contributed by atoms with E-state index in [4.69, 9.17) is 19.6 Å². The molecule has 3 aromatic rings. The van der Waals surface area contributed by atoms with Crippen LogP contribution in [0.3, 0.4) is 0 Å². The fourth-order valence-corrected chi connectivity index (χ4v) is 2.46. The summed E-state index contributed by atoms with van der Waals surface area (Å²) in [5.41, 5.74) is 5.52. The molecule has 2 aromatic heterocycles. The van der Waals surface area contributed by atoms with Gasteiger partial charge in [-0.3, -0.25) is 14.3 Å². The molecule has 0 radical (unpaired) electrons. The molecule has 0 fully saturated rings. The zero-order valence-electron chi connectivity index (χ0n) is 15.5. The summed E-state index contributed by atoms with van der Waals surface area (Å²) in [4.78, 5) is 23.9. The number of ether oxygens (including phenoxy) is 2. The number of rotatable bonds is 8. The van der Waals surface area contributed by atoms with Crippen molar-refractivity contribution in [2.45, 2.75) is 20.1 Å². The first-order valence-corrected chi connectivity index (χ1v) is 8.54. The predicted molar refractivity (Wildman–Crippen MR) is 100 cm³/mol. The molecule has 0 aliphatic heterocycles. The number of amides is 2. The van der Waals surface area contributed by atoms with Crippen LogP contribution in [0.5, 0.6) is 11.5 Å². The highest BCUT2D eigenvalue weighted by Crippen LogP contribution is 2.21. The number of hydrogen-bond donors (Lipinski definition) is 2. The molecule has 9 nitrogen and oxygen atoms in total. The SMILES string of the molecule is CCn1cc(NC(=O)c2ccc(COc3cccc(OC)c3)o2)c(C(N)=O)n1. The van der Waals surface area contributed by atoms with E-state index < -0.39 is 11.8 Å². The molecule has 0 saturated carbocycles. The molecule has 1 aromatic carbocycles. The predicted octanol–water partition coefficient (Wildman–Crippen LogP) is 2.43. The maximum Gasteiger partial charge on any atom is 0.291 e. The van der Waals surface area contributed by atoms with Crippen LogP contribution in [0.2, 0.25) is 0 Å². The van der Waals surface area contributed by atoms with Gasteiger partial charge in [0.25, 0.3) is 11.8 Å². The van der Waals surface area contributed by atoms with Crippen molar-refractivity contribution in [3.8, 4) is 11.5 Å². The van der Waals surface area contributed by atoms with Gasteiger partial charge >= 0.3 is 0 Å². The molecule has 3 N–H and O–H groups in total. The van der Waals surface area contributed by atoms with Crippen LogP contribution in [0.4, 0.5) is 5.69 Å². The van der Waals surface area contributed by atoms with Crippen LogP contribution in [0, 0.1) is 0 Å². The number of benzene rings is 1. The van der Waals surface area contributed by atoms with Crippen molar-refractivity contribution in [2.24, 2.45) is 5.73 Å². The zero-order valence-corrected chi connectivity index (χ0v) is 15.5. The monoisotopic (exact) mass is 384 g/mol. The molecule has 0 unspecified atom stereocenters. The second-order valence-corrected chi connectivity index (χ2v) is 5.80. The Labute approximate surface area is 161 Å². The Kier molecular flexibility index (Phi) is 5.64. The lowest BCUT2D eigenvalue weighted by Gasteiger charge is -2.06. The summed E-state index contributed by atoms with van der Waals surface area (Å²) in [5.74, 6) is 0.575. The lowest BCUT2D eigenvalue weighted by Crippen LogP contribution is -2.17. The normalized spacial score (nSPS) is 10.5. The molecule has 146 valence electrons. The van der Waals surface area contributed by atoms with Crippen molar-refractivity contribution < 1.29 is 23.5 Å². The van der Waals surface area contributed by atoms with E-state index >= 15 is 0 Å². The maximum atomic E-state index is 12.4. The lowest BCUT2D eigenvalue weighted by molar-refractivity contribution is 0.0992. The van der Waals surface area contributed by atoms with E-state index in [2.05, 4.69) is 10.4 Å². The number of methoxy groups -OCH3 is 1. The van der Waals surface area contributed by atoms with Crippen LogP contribution in [0.1, 0.15) is 33.7 Å². The van der Waals surface area contributed by atoms with Gasteiger partial charge in [0.2, 0.25) is 0 Å². The maximum absolute atomic E-state index is 12.4. The number of anilines is 1. The van der Waals surface area contributed by atoms with Gasteiger partial charge in [0, 0.05) is 18.8 Å². The van der Waals surface area contributed by atoms with Crippen LogP contribution in [0.15, 0.2) is 47.0 Å². The lowest BCUT2D eigenvalue weighted by atomic mass is 10.3. The van der Waals surface area contributed by atoms with E-state index in [0.29, 0.717) is 23.8 Å². The molecule has 0 bridgehead atoms. The number of aryl methyl sites for hydroxylation is 1. The van der Waals surface area contributed by atoms with Crippen LogP contribution in [0.25, 0.3) is 0 Å². The summed E-state index contributed by atoms with van der Waals surface area (Å²) >= 11 is 0. The number of nitrogens with zero attached hydrogens (tertiary/aromatic N) is 2. The number of carbonyl (C=O) groups is 2. The average molecular weight is 384 g/mol. The van der Waals surface area contributed by atoms with Gasteiger partial charge < -0.3 is 24.9 Å². The van der Waals surface area contributed by atoms with E-state index in [-0.39, 0.29) is 23.7 Å². The number of nitrogens with two attached hydrogens (primary N) is 1. The third-order valence-corrected chi connectivity index (χ3v) is 3.88. The smallest absolute Gasteiger partial charge is 0.291 e. The first kappa shape index (κ1) is 19.0. The van der Waals surface area contributed by atoms with E-state index in [1.54, 1.807) is 25.3 Å². The second-order valence-electron chi connectivity index (χ2n) is 5.80. The van der Waals surface area contributed by atoms with Crippen LogP contribution < -0.4 is 20.5 Å². The van der Waals surface area contributed by atoms with Crippen molar-refractivity contribution in [1.29, 1.82) is 0 Å². The minimum atomic E-state index is -0.727. The van der Waals surface area contributed by atoms with Gasteiger partial charge in [0.15, 0.2) is 11.5 Å². The third kappa shape index (κ3) is 4.32. The highest BCUT2D eigenvalue weighted by Gasteiger charge is 2.19. The second kappa shape index (κ2) is 8.30. The summed E-state index contributed by atoms with van der Waals surface area (Å²) in [6.45, 7) is 2.52. The summed E-state index contributed by atoms with van der Waals surface area (Å²) in [6, 6.07) is 10.3. The Balaban J connectivity index is 1.65. The molecule has 2 heterocycles. The molecule has 0 spiro atoms. The quantitative estimate of drug-likeness (QED) is 0.615. The van der Waals surface area contributed by atoms with Crippen molar-refractivity contribution in [1.82, 2.24) is 9.78 Å². The fourth-order valence-electron chi connectivity index (χ4n) is 2.46. The number of aromatic nitrogens is 2. The van der Waals surface area contributed by atoms with Gasteiger partial charge in [-0.05, 0) is 31.2 Å². The van der Waals surface area contributed by atoms with Gasteiger partial charge in [0.05, 0.1) is 12.8 Å². The zero-order chi connectivity index (χ0) is 20.1. The van der Waals surface area contributed by atoms with Crippen LogP contribution >= 0.6 is 0 Å². The highest BCUT2D eigenvalue weighted by atomic mass is 16.5. The number of primary amides is 1. The molecular weight excluding hydrogens is 364 g/mol. The summed E-state index contributed by atoms with van der Waals surface area (Å²) in [7, 11) is 1.57. The Morgan fingerprint density at radius 1 is 1.25 bits per heavy atom. The van der Waals surface area contributed by atoms with Gasteiger partial charge in [-0.2, -0.15) is 5.10 Å². The molecule has 0 atom stereocenters. The number of hydrogen-bond acceptors (Lipinski definition) is 6. The molecular formula is C19H20N4O5.